The molecule has 1 saturated heterocycles. The van der Waals surface area contributed by atoms with Gasteiger partial charge in [0.25, 0.3) is 5.91 Å². The van der Waals surface area contributed by atoms with E-state index < -0.39 is 0 Å². The highest BCUT2D eigenvalue weighted by Crippen LogP contribution is 2.12. The highest BCUT2D eigenvalue weighted by Gasteiger charge is 2.19. The molecule has 1 aliphatic heterocycles. The standard InChI is InChI=1S/C15H24N4O/c1-3-4-13-9-11(10-14(16)17-13)15(20)18-12-5-7-19(2)8-6-12/h9-10,12H,3-8H2,1-2H3,(H2,16,17)(H,18,20). The number of hydrogen-bond acceptors (Lipinski definition) is 4. The molecule has 5 heteroatoms. The lowest BCUT2D eigenvalue weighted by atomic mass is 10.0. The maximum atomic E-state index is 12.3. The molecule has 0 aromatic carbocycles. The van der Waals surface area contributed by atoms with Crippen LogP contribution in [0.25, 0.3) is 0 Å². The van der Waals surface area contributed by atoms with Gasteiger partial charge in [-0.1, -0.05) is 13.3 Å². The number of hydrogen-bond donors (Lipinski definition) is 2. The molecular formula is C15H24N4O. The zero-order valence-corrected chi connectivity index (χ0v) is 12.4. The smallest absolute Gasteiger partial charge is 0.251 e. The Morgan fingerprint density at radius 1 is 1.45 bits per heavy atom. The molecule has 3 N–H and O–H groups in total. The number of amides is 1. The van der Waals surface area contributed by atoms with Gasteiger partial charge in [0.2, 0.25) is 0 Å². The Morgan fingerprint density at radius 3 is 2.80 bits per heavy atom. The molecule has 20 heavy (non-hydrogen) atoms. The van der Waals surface area contributed by atoms with Crippen LogP contribution in [0.15, 0.2) is 12.1 Å². The molecule has 0 atom stereocenters. The average molecular weight is 276 g/mol. The van der Waals surface area contributed by atoms with Crippen LogP contribution < -0.4 is 11.1 Å². The van der Waals surface area contributed by atoms with Gasteiger partial charge < -0.3 is 16.0 Å². The summed E-state index contributed by atoms with van der Waals surface area (Å²) in [4.78, 5) is 18.8. The van der Waals surface area contributed by atoms with Crippen LogP contribution in [-0.4, -0.2) is 42.0 Å². The van der Waals surface area contributed by atoms with Crippen molar-refractivity contribution in [2.24, 2.45) is 0 Å². The molecule has 1 aromatic heterocycles. The molecule has 1 fully saturated rings. The molecule has 110 valence electrons. The number of nitrogens with two attached hydrogens (primary N) is 1. The highest BCUT2D eigenvalue weighted by molar-refractivity contribution is 5.95. The Morgan fingerprint density at radius 2 is 2.15 bits per heavy atom. The third-order valence-corrected chi connectivity index (χ3v) is 3.72. The summed E-state index contributed by atoms with van der Waals surface area (Å²) < 4.78 is 0. The predicted molar refractivity (Wildman–Crippen MR) is 80.6 cm³/mol. The topological polar surface area (TPSA) is 71.2 Å². The third kappa shape index (κ3) is 3.93. The number of carbonyl (C=O) groups is 1. The first-order chi connectivity index (χ1) is 9.58. The normalized spacial score (nSPS) is 17.1. The summed E-state index contributed by atoms with van der Waals surface area (Å²) in [5.74, 6) is 0.385. The van der Waals surface area contributed by atoms with Crippen molar-refractivity contribution >= 4 is 11.7 Å². The first-order valence-corrected chi connectivity index (χ1v) is 7.34. The van der Waals surface area contributed by atoms with Gasteiger partial charge in [-0.15, -0.1) is 0 Å². The van der Waals surface area contributed by atoms with Crippen LogP contribution in [0.4, 0.5) is 5.82 Å². The van der Waals surface area contributed by atoms with Gasteiger partial charge in [0.1, 0.15) is 5.82 Å². The molecule has 0 radical (unpaired) electrons. The first kappa shape index (κ1) is 14.8. The summed E-state index contributed by atoms with van der Waals surface area (Å²) in [6.45, 7) is 4.15. The number of pyridine rings is 1. The Kier molecular flexibility index (Phi) is 4.95. The van der Waals surface area contributed by atoms with Crippen molar-refractivity contribution < 1.29 is 4.79 Å². The molecule has 0 spiro atoms. The Labute approximate surface area is 120 Å². The molecule has 1 aromatic rings. The molecule has 1 aliphatic rings. The zero-order valence-electron chi connectivity index (χ0n) is 12.4. The van der Waals surface area contributed by atoms with Crippen LogP contribution >= 0.6 is 0 Å². The fourth-order valence-corrected chi connectivity index (χ4v) is 2.55. The fourth-order valence-electron chi connectivity index (χ4n) is 2.55. The Hall–Kier alpha value is -1.62. The van der Waals surface area contributed by atoms with Gasteiger partial charge in [-0.05, 0) is 51.5 Å². The van der Waals surface area contributed by atoms with Crippen LogP contribution in [0.1, 0.15) is 42.2 Å². The van der Waals surface area contributed by atoms with E-state index in [1.807, 2.05) is 6.07 Å². The molecule has 2 rings (SSSR count). The number of nitrogens with one attached hydrogen (secondary N) is 1. The number of aromatic nitrogens is 1. The van der Waals surface area contributed by atoms with Crippen molar-refractivity contribution in [3.05, 3.63) is 23.4 Å². The summed E-state index contributed by atoms with van der Waals surface area (Å²) in [7, 11) is 2.11. The van der Waals surface area contributed by atoms with Crippen LogP contribution in [0.3, 0.4) is 0 Å². The molecule has 0 bridgehead atoms. The number of nitrogens with zero attached hydrogens (tertiary/aromatic N) is 2. The summed E-state index contributed by atoms with van der Waals surface area (Å²) >= 11 is 0. The quantitative estimate of drug-likeness (QED) is 0.873. The SMILES string of the molecule is CCCc1cc(C(=O)NC2CCN(C)CC2)cc(N)n1. The minimum atomic E-state index is -0.0361. The van der Waals surface area contributed by atoms with E-state index in [0.717, 1.165) is 44.5 Å². The van der Waals surface area contributed by atoms with Gasteiger partial charge in [-0.25, -0.2) is 4.98 Å². The minimum Gasteiger partial charge on any atom is -0.384 e. The number of nitrogen functional groups attached to an aromatic ring is 1. The highest BCUT2D eigenvalue weighted by atomic mass is 16.1. The summed E-state index contributed by atoms with van der Waals surface area (Å²) in [5.41, 5.74) is 7.30. The van der Waals surface area contributed by atoms with E-state index in [0.29, 0.717) is 11.4 Å². The van der Waals surface area contributed by atoms with E-state index in [1.54, 1.807) is 6.07 Å². The Balaban J connectivity index is 2.01. The number of anilines is 1. The molecule has 1 amide bonds. The van der Waals surface area contributed by atoms with Gasteiger partial charge >= 0.3 is 0 Å². The average Bonchev–Trinajstić information content (AvgIpc) is 2.41. The lowest BCUT2D eigenvalue weighted by Crippen LogP contribution is -2.43. The zero-order chi connectivity index (χ0) is 14.5. The van der Waals surface area contributed by atoms with Crippen molar-refractivity contribution in [2.75, 3.05) is 25.9 Å². The number of carbonyl (C=O) groups excluding carboxylic acids is 1. The lowest BCUT2D eigenvalue weighted by Gasteiger charge is -2.29. The van der Waals surface area contributed by atoms with Crippen LogP contribution in [0.5, 0.6) is 0 Å². The fraction of sp³-hybridized carbons (Fsp3) is 0.600. The number of rotatable bonds is 4. The van der Waals surface area contributed by atoms with Crippen molar-refractivity contribution in [3.63, 3.8) is 0 Å². The van der Waals surface area contributed by atoms with Crippen molar-refractivity contribution in [1.82, 2.24) is 15.2 Å². The number of aryl methyl sites for hydroxylation is 1. The first-order valence-electron chi connectivity index (χ1n) is 7.34. The second-order valence-electron chi connectivity index (χ2n) is 5.57. The minimum absolute atomic E-state index is 0.0361. The molecule has 0 saturated carbocycles. The molecule has 5 nitrogen and oxygen atoms in total. The van der Waals surface area contributed by atoms with Gasteiger partial charge in [-0.3, -0.25) is 4.79 Å². The maximum Gasteiger partial charge on any atom is 0.251 e. The second kappa shape index (κ2) is 6.70. The largest absolute Gasteiger partial charge is 0.384 e. The molecule has 2 heterocycles. The van der Waals surface area contributed by atoms with Crippen LogP contribution in [-0.2, 0) is 6.42 Å². The van der Waals surface area contributed by atoms with Gasteiger partial charge in [0, 0.05) is 17.3 Å². The third-order valence-electron chi connectivity index (χ3n) is 3.72. The summed E-state index contributed by atoms with van der Waals surface area (Å²) in [6, 6.07) is 3.77. The van der Waals surface area contributed by atoms with E-state index >= 15 is 0 Å². The van der Waals surface area contributed by atoms with Gasteiger partial charge in [-0.2, -0.15) is 0 Å². The predicted octanol–water partition coefficient (Wildman–Crippen LogP) is 1.44. The van der Waals surface area contributed by atoms with E-state index in [9.17, 15) is 4.79 Å². The van der Waals surface area contributed by atoms with E-state index in [-0.39, 0.29) is 11.9 Å². The van der Waals surface area contributed by atoms with E-state index in [2.05, 4.69) is 29.2 Å². The lowest BCUT2D eigenvalue weighted by molar-refractivity contribution is 0.0916. The molecule has 0 unspecified atom stereocenters. The second-order valence-corrected chi connectivity index (χ2v) is 5.57. The van der Waals surface area contributed by atoms with Crippen LogP contribution in [0.2, 0.25) is 0 Å². The van der Waals surface area contributed by atoms with Gasteiger partial charge in [0.05, 0.1) is 0 Å². The number of piperidine rings is 1. The monoisotopic (exact) mass is 276 g/mol. The Bertz CT molecular complexity index is 467. The number of likely N-dealkylation sites (tertiary alicyclic amines) is 1. The van der Waals surface area contributed by atoms with Crippen molar-refractivity contribution in [1.29, 1.82) is 0 Å². The van der Waals surface area contributed by atoms with Crippen molar-refractivity contribution in [3.8, 4) is 0 Å². The van der Waals surface area contributed by atoms with Crippen LogP contribution in [0, 0.1) is 0 Å². The molecular weight excluding hydrogens is 252 g/mol. The van der Waals surface area contributed by atoms with E-state index in [1.165, 1.54) is 0 Å². The maximum absolute atomic E-state index is 12.3. The van der Waals surface area contributed by atoms with Crippen molar-refractivity contribution in [2.45, 2.75) is 38.6 Å². The molecule has 0 aliphatic carbocycles. The van der Waals surface area contributed by atoms with E-state index in [4.69, 9.17) is 5.73 Å². The summed E-state index contributed by atoms with van der Waals surface area (Å²) in [6.07, 6.45) is 3.85. The van der Waals surface area contributed by atoms with Gasteiger partial charge in [0.15, 0.2) is 0 Å². The summed E-state index contributed by atoms with van der Waals surface area (Å²) in [5, 5.41) is 3.10.